The van der Waals surface area contributed by atoms with Gasteiger partial charge in [-0.15, -0.1) is 0 Å². The topological polar surface area (TPSA) is 70.6 Å². The molecule has 1 amide bonds. The zero-order valence-electron chi connectivity index (χ0n) is 17.4. The first kappa shape index (κ1) is 20.7. The number of hydrogen-bond donors (Lipinski definition) is 1. The summed E-state index contributed by atoms with van der Waals surface area (Å²) in [5.41, 5.74) is 3.63. The average molecular weight is 454 g/mol. The van der Waals surface area contributed by atoms with E-state index in [4.69, 9.17) is 16.3 Å². The van der Waals surface area contributed by atoms with Crippen LogP contribution in [-0.2, 0) is 13.0 Å². The van der Waals surface area contributed by atoms with Crippen molar-refractivity contribution in [3.05, 3.63) is 70.1 Å². The van der Waals surface area contributed by atoms with E-state index in [1.54, 1.807) is 0 Å². The number of carbonyl (C=O) groups excluding carboxylic acids is 1. The number of halogens is 2. The van der Waals surface area contributed by atoms with Gasteiger partial charge < -0.3 is 10.1 Å². The first-order valence-corrected chi connectivity index (χ1v) is 10.8. The van der Waals surface area contributed by atoms with Gasteiger partial charge in [0.2, 0.25) is 11.8 Å². The molecule has 1 N–H and O–H groups in total. The summed E-state index contributed by atoms with van der Waals surface area (Å²) in [6, 6.07) is 10.5. The first-order valence-electron chi connectivity index (χ1n) is 10.4. The summed E-state index contributed by atoms with van der Waals surface area (Å²) >= 11 is 6.10. The van der Waals surface area contributed by atoms with Crippen molar-refractivity contribution >= 4 is 34.8 Å². The normalized spacial score (nSPS) is 15.7. The minimum atomic E-state index is -0.605. The quantitative estimate of drug-likeness (QED) is 0.632. The van der Waals surface area contributed by atoms with Crippen molar-refractivity contribution in [1.29, 1.82) is 0 Å². The molecule has 164 valence electrons. The summed E-state index contributed by atoms with van der Waals surface area (Å²) in [4.78, 5) is 25.1. The highest BCUT2D eigenvalue weighted by molar-refractivity contribution is 6.34. The molecule has 0 radical (unpaired) electrons. The minimum Gasteiger partial charge on any atom is -0.455 e. The van der Waals surface area contributed by atoms with E-state index in [1.807, 2.05) is 6.07 Å². The summed E-state index contributed by atoms with van der Waals surface area (Å²) in [5, 5.41) is 3.31. The molecule has 0 saturated heterocycles. The van der Waals surface area contributed by atoms with Crippen molar-refractivity contribution in [2.75, 3.05) is 30.0 Å². The number of rotatable bonds is 4. The van der Waals surface area contributed by atoms with Gasteiger partial charge in [0.25, 0.3) is 5.91 Å². The molecule has 2 aromatic carbocycles. The molecule has 1 aromatic heterocycles. The van der Waals surface area contributed by atoms with Crippen LogP contribution >= 0.6 is 11.6 Å². The molecule has 0 aliphatic carbocycles. The van der Waals surface area contributed by atoms with Crippen molar-refractivity contribution in [3.63, 3.8) is 0 Å². The molecule has 2 aliphatic heterocycles. The second kappa shape index (κ2) is 8.37. The fraction of sp³-hybridized carbons (Fsp3) is 0.261. The van der Waals surface area contributed by atoms with Gasteiger partial charge in [-0.1, -0.05) is 30.7 Å². The molecule has 0 atom stereocenters. The van der Waals surface area contributed by atoms with Gasteiger partial charge in [-0.3, -0.25) is 14.6 Å². The van der Waals surface area contributed by atoms with E-state index in [2.05, 4.69) is 39.2 Å². The van der Waals surface area contributed by atoms with Crippen LogP contribution in [0.15, 0.2) is 42.6 Å². The Morgan fingerprint density at radius 1 is 1.25 bits per heavy atom. The number of nitrogens with zero attached hydrogens (tertiary/aromatic N) is 4. The van der Waals surface area contributed by atoms with E-state index in [-0.39, 0.29) is 28.9 Å². The standard InChI is InChI=1S/C23H21ClFN5O2/c1-2-29-9-8-14-10-16(7-6-15(14)12-29)27-23-26-11-17-21(28-23)32-13-30(22(17)31)20-18(24)4-3-5-19(20)25/h3-7,10-11H,2,8-9,12-13H2,1H3,(H,26,27,28). The summed E-state index contributed by atoms with van der Waals surface area (Å²) < 4.78 is 19.9. The Bertz CT molecular complexity index is 1180. The van der Waals surface area contributed by atoms with E-state index < -0.39 is 11.7 Å². The van der Waals surface area contributed by atoms with Gasteiger partial charge in [-0.2, -0.15) is 4.98 Å². The fourth-order valence-electron chi connectivity index (χ4n) is 4.01. The number of anilines is 3. The average Bonchev–Trinajstić information content (AvgIpc) is 2.80. The molecule has 0 spiro atoms. The van der Waals surface area contributed by atoms with E-state index >= 15 is 0 Å². The number of aromatic nitrogens is 2. The lowest BCUT2D eigenvalue weighted by atomic mass is 9.99. The van der Waals surface area contributed by atoms with Crippen LogP contribution in [0.25, 0.3) is 0 Å². The van der Waals surface area contributed by atoms with Gasteiger partial charge in [0, 0.05) is 25.0 Å². The third-order valence-corrected chi connectivity index (χ3v) is 6.07. The molecule has 7 nitrogen and oxygen atoms in total. The van der Waals surface area contributed by atoms with Crippen LogP contribution in [0.3, 0.4) is 0 Å². The second-order valence-electron chi connectivity index (χ2n) is 7.72. The van der Waals surface area contributed by atoms with E-state index in [1.165, 1.54) is 35.5 Å². The molecule has 5 rings (SSSR count). The SMILES string of the molecule is CCN1CCc2cc(Nc3ncc4c(n3)OCN(c3c(F)cccc3Cl)C4=O)ccc2C1. The van der Waals surface area contributed by atoms with Crippen LogP contribution in [0.4, 0.5) is 21.7 Å². The van der Waals surface area contributed by atoms with Crippen LogP contribution in [0, 0.1) is 5.82 Å². The maximum Gasteiger partial charge on any atom is 0.268 e. The Hall–Kier alpha value is -3.23. The molecule has 9 heteroatoms. The Kier molecular flexibility index (Phi) is 5.40. The van der Waals surface area contributed by atoms with Crippen molar-refractivity contribution in [2.45, 2.75) is 19.9 Å². The molecule has 2 aliphatic rings. The Morgan fingerprint density at radius 3 is 2.94 bits per heavy atom. The highest BCUT2D eigenvalue weighted by Crippen LogP contribution is 2.34. The molecule has 0 unspecified atom stereocenters. The van der Waals surface area contributed by atoms with Gasteiger partial charge in [0.05, 0.1) is 5.02 Å². The Balaban J connectivity index is 1.36. The molecule has 3 aromatic rings. The highest BCUT2D eigenvalue weighted by Gasteiger charge is 2.31. The molecule has 0 bridgehead atoms. The van der Waals surface area contributed by atoms with Crippen molar-refractivity contribution in [2.24, 2.45) is 0 Å². The van der Waals surface area contributed by atoms with Crippen molar-refractivity contribution in [1.82, 2.24) is 14.9 Å². The maximum atomic E-state index is 14.3. The monoisotopic (exact) mass is 453 g/mol. The van der Waals surface area contributed by atoms with Crippen LogP contribution in [0.5, 0.6) is 5.88 Å². The van der Waals surface area contributed by atoms with E-state index in [0.29, 0.717) is 5.95 Å². The van der Waals surface area contributed by atoms with Gasteiger partial charge in [0.15, 0.2) is 6.73 Å². The fourth-order valence-corrected chi connectivity index (χ4v) is 4.28. The Labute approximate surface area is 189 Å². The number of carbonyl (C=O) groups is 1. The summed E-state index contributed by atoms with van der Waals surface area (Å²) in [5.74, 6) is -0.613. The van der Waals surface area contributed by atoms with Crippen LogP contribution < -0.4 is 15.0 Å². The number of likely N-dealkylation sites (N-methyl/N-ethyl adjacent to an activating group) is 1. The largest absolute Gasteiger partial charge is 0.455 e. The number of ether oxygens (including phenoxy) is 1. The third kappa shape index (κ3) is 3.76. The zero-order chi connectivity index (χ0) is 22.2. The lowest BCUT2D eigenvalue weighted by Gasteiger charge is -2.29. The molecule has 32 heavy (non-hydrogen) atoms. The van der Waals surface area contributed by atoms with E-state index in [9.17, 15) is 9.18 Å². The number of fused-ring (bicyclic) bond motifs is 2. The lowest BCUT2D eigenvalue weighted by Crippen LogP contribution is -2.40. The predicted molar refractivity (Wildman–Crippen MR) is 120 cm³/mol. The number of para-hydroxylation sites is 1. The first-order chi connectivity index (χ1) is 15.5. The Morgan fingerprint density at radius 2 is 2.12 bits per heavy atom. The van der Waals surface area contributed by atoms with Crippen LogP contribution in [-0.4, -0.2) is 40.6 Å². The lowest BCUT2D eigenvalue weighted by molar-refractivity contribution is 0.0931. The van der Waals surface area contributed by atoms with Gasteiger partial charge in [0.1, 0.15) is 17.1 Å². The molecule has 0 fully saturated rings. The van der Waals surface area contributed by atoms with Crippen molar-refractivity contribution < 1.29 is 13.9 Å². The number of hydrogen-bond acceptors (Lipinski definition) is 6. The predicted octanol–water partition coefficient (Wildman–Crippen LogP) is 4.39. The number of benzene rings is 2. The van der Waals surface area contributed by atoms with Crippen molar-refractivity contribution in [3.8, 4) is 5.88 Å². The molecule has 3 heterocycles. The third-order valence-electron chi connectivity index (χ3n) is 5.77. The minimum absolute atomic E-state index is 0.0253. The van der Waals surface area contributed by atoms with Gasteiger partial charge in [-0.25, -0.2) is 9.37 Å². The van der Waals surface area contributed by atoms with Crippen LogP contribution in [0.2, 0.25) is 5.02 Å². The van der Waals surface area contributed by atoms with Crippen LogP contribution in [0.1, 0.15) is 28.4 Å². The van der Waals surface area contributed by atoms with E-state index in [0.717, 1.165) is 36.6 Å². The maximum absolute atomic E-state index is 14.3. The zero-order valence-corrected chi connectivity index (χ0v) is 18.2. The number of amides is 1. The summed E-state index contributed by atoms with van der Waals surface area (Å²) in [6.45, 7) is 5.02. The number of nitrogens with one attached hydrogen (secondary N) is 1. The molecular weight excluding hydrogens is 433 g/mol. The second-order valence-corrected chi connectivity index (χ2v) is 8.12. The van der Waals surface area contributed by atoms with Gasteiger partial charge >= 0.3 is 0 Å². The smallest absolute Gasteiger partial charge is 0.268 e. The molecular formula is C23H21ClFN5O2. The van der Waals surface area contributed by atoms with Gasteiger partial charge in [-0.05, 0) is 48.4 Å². The molecule has 0 saturated carbocycles. The summed E-state index contributed by atoms with van der Waals surface area (Å²) in [6.07, 6.45) is 2.38. The summed E-state index contributed by atoms with van der Waals surface area (Å²) in [7, 11) is 0. The highest BCUT2D eigenvalue weighted by atomic mass is 35.5.